The number of rotatable bonds is 6. The number of carbonyl (C=O) groups is 1. The second-order valence-corrected chi connectivity index (χ2v) is 16.7. The minimum atomic E-state index is -2.06. The Labute approximate surface area is 211 Å². The summed E-state index contributed by atoms with van der Waals surface area (Å²) in [5.74, 6) is 1.49. The summed E-state index contributed by atoms with van der Waals surface area (Å²) in [5.41, 5.74) is 1.61. The summed E-state index contributed by atoms with van der Waals surface area (Å²) in [7, 11) is 6.91. The van der Waals surface area contributed by atoms with E-state index in [0.717, 1.165) is 12.0 Å². The highest BCUT2D eigenvalue weighted by Crippen LogP contribution is 2.58. The smallest absolute Gasteiger partial charge is 0.223 e. The van der Waals surface area contributed by atoms with Gasteiger partial charge in [0, 0.05) is 50.5 Å². The van der Waals surface area contributed by atoms with Crippen molar-refractivity contribution in [2.45, 2.75) is 75.4 Å². The zero-order valence-corrected chi connectivity index (χ0v) is 24.0. The van der Waals surface area contributed by atoms with Crippen molar-refractivity contribution in [3.63, 3.8) is 0 Å². The number of ether oxygens (including phenoxy) is 2. The van der Waals surface area contributed by atoms with Gasteiger partial charge in [0.25, 0.3) is 0 Å². The van der Waals surface area contributed by atoms with Crippen molar-refractivity contribution in [2.24, 2.45) is 5.92 Å². The molecule has 1 amide bonds. The fourth-order valence-electron chi connectivity index (χ4n) is 5.84. The van der Waals surface area contributed by atoms with Crippen molar-refractivity contribution in [1.82, 2.24) is 9.96 Å². The molecular formula is C27H42N2O5Si. The minimum Gasteiger partial charge on any atom is -0.493 e. The van der Waals surface area contributed by atoms with Crippen LogP contribution in [0.2, 0.25) is 18.1 Å². The average Bonchev–Trinajstić information content (AvgIpc) is 3.11. The molecule has 8 heteroatoms. The lowest BCUT2D eigenvalue weighted by atomic mass is 9.55. The Balaban J connectivity index is 1.92. The molecule has 0 spiro atoms. The van der Waals surface area contributed by atoms with Crippen molar-refractivity contribution in [2.75, 3.05) is 35.4 Å². The number of amides is 1. The number of methoxy groups -OCH3 is 2. The molecule has 0 bridgehead atoms. The van der Waals surface area contributed by atoms with Gasteiger partial charge in [0.2, 0.25) is 5.91 Å². The van der Waals surface area contributed by atoms with Crippen molar-refractivity contribution in [1.29, 1.82) is 0 Å². The number of fused-ring (bicyclic) bond motifs is 2. The summed E-state index contributed by atoms with van der Waals surface area (Å²) in [5, 5.41) is 2.08. The number of benzene rings is 1. The molecule has 1 aliphatic heterocycles. The van der Waals surface area contributed by atoms with Crippen LogP contribution in [0.25, 0.3) is 0 Å². The van der Waals surface area contributed by atoms with Crippen molar-refractivity contribution < 1.29 is 23.5 Å². The Kier molecular flexibility index (Phi) is 6.66. The standard InChI is InChI=1S/C27H42N2O5Si/c1-26(2,3)35(9,10)34-20-13-14-27(16-21(30)28(4)5)22-17(11-12-19(31-7)24(22)32-8)15-18-23(27)25(20)33-29(18)6/h11-14,18,20,23,25H,15-16H2,1-10H3/t18-,20-,23-,25-,27+/m1/s1. The SMILES string of the molecule is COc1ccc2c(c1OC)[C@@]1(CC(=O)N(C)C)C=C[C@@H](O[Si](C)(C)C(C)(C)C)[C@H]3ON(C)[C@H](C2)[C@H]31. The van der Waals surface area contributed by atoms with Crippen LogP contribution in [0.1, 0.15) is 38.3 Å². The van der Waals surface area contributed by atoms with E-state index < -0.39 is 13.7 Å². The van der Waals surface area contributed by atoms with E-state index in [-0.39, 0.29) is 35.1 Å². The number of carbonyl (C=O) groups excluding carboxylic acids is 1. The predicted molar refractivity (Wildman–Crippen MR) is 139 cm³/mol. The summed E-state index contributed by atoms with van der Waals surface area (Å²) in [6.45, 7) is 11.3. The Morgan fingerprint density at radius 2 is 1.91 bits per heavy atom. The second kappa shape index (κ2) is 8.90. The first kappa shape index (κ1) is 26.2. The van der Waals surface area contributed by atoms with Crippen molar-refractivity contribution in [3.05, 3.63) is 35.4 Å². The number of hydroxylamine groups is 2. The summed E-state index contributed by atoms with van der Waals surface area (Å²) in [6.07, 6.45) is 5.15. The molecule has 3 aliphatic rings. The van der Waals surface area contributed by atoms with E-state index in [1.54, 1.807) is 19.1 Å². The predicted octanol–water partition coefficient (Wildman–Crippen LogP) is 4.17. The van der Waals surface area contributed by atoms with Crippen LogP contribution in [0, 0.1) is 5.92 Å². The third kappa shape index (κ3) is 4.12. The molecule has 0 aromatic heterocycles. The van der Waals surface area contributed by atoms with Gasteiger partial charge in [-0.3, -0.25) is 9.63 Å². The fraction of sp³-hybridized carbons (Fsp3) is 0.667. The third-order valence-corrected chi connectivity index (χ3v) is 13.2. The topological polar surface area (TPSA) is 60.5 Å². The zero-order valence-electron chi connectivity index (χ0n) is 23.0. The Morgan fingerprint density at radius 3 is 2.49 bits per heavy atom. The summed E-state index contributed by atoms with van der Waals surface area (Å²) in [6, 6.07) is 4.20. The zero-order chi connectivity index (χ0) is 25.9. The molecule has 194 valence electrons. The monoisotopic (exact) mass is 502 g/mol. The lowest BCUT2D eigenvalue weighted by Crippen LogP contribution is -2.57. The van der Waals surface area contributed by atoms with Crippen molar-refractivity contribution >= 4 is 14.2 Å². The van der Waals surface area contributed by atoms with Gasteiger partial charge in [-0.15, -0.1) is 0 Å². The molecule has 7 nitrogen and oxygen atoms in total. The normalized spacial score (nSPS) is 30.0. The summed E-state index contributed by atoms with van der Waals surface area (Å²) >= 11 is 0. The van der Waals surface area contributed by atoms with E-state index in [0.29, 0.717) is 17.9 Å². The number of hydrogen-bond acceptors (Lipinski definition) is 6. The maximum atomic E-state index is 13.3. The molecule has 0 radical (unpaired) electrons. The van der Waals surface area contributed by atoms with E-state index >= 15 is 0 Å². The highest BCUT2D eigenvalue weighted by Gasteiger charge is 2.62. The molecule has 1 aromatic carbocycles. The summed E-state index contributed by atoms with van der Waals surface area (Å²) < 4.78 is 18.6. The molecule has 4 rings (SSSR count). The molecule has 0 unspecified atom stereocenters. The molecule has 2 aliphatic carbocycles. The van der Waals surface area contributed by atoms with E-state index in [9.17, 15) is 4.79 Å². The minimum absolute atomic E-state index is 0.0321. The van der Waals surface area contributed by atoms with Gasteiger partial charge in [0.1, 0.15) is 6.10 Å². The van der Waals surface area contributed by atoms with E-state index in [4.69, 9.17) is 18.7 Å². The molecule has 1 heterocycles. The molecular weight excluding hydrogens is 460 g/mol. The highest BCUT2D eigenvalue weighted by atomic mass is 28.4. The molecule has 1 saturated heterocycles. The number of nitrogens with zero attached hydrogens (tertiary/aromatic N) is 2. The average molecular weight is 503 g/mol. The maximum Gasteiger partial charge on any atom is 0.223 e. The Hall–Kier alpha value is -1.87. The van der Waals surface area contributed by atoms with Crippen LogP contribution in [-0.2, 0) is 25.9 Å². The van der Waals surface area contributed by atoms with Gasteiger partial charge in [0.15, 0.2) is 19.8 Å². The first-order valence-electron chi connectivity index (χ1n) is 12.5. The third-order valence-electron chi connectivity index (χ3n) is 8.73. The molecule has 1 aromatic rings. The van der Waals surface area contributed by atoms with E-state index in [1.807, 2.05) is 32.3 Å². The quantitative estimate of drug-likeness (QED) is 0.430. The van der Waals surface area contributed by atoms with Gasteiger partial charge >= 0.3 is 0 Å². The van der Waals surface area contributed by atoms with Crippen LogP contribution in [0.15, 0.2) is 24.3 Å². The van der Waals surface area contributed by atoms with Crippen LogP contribution in [0.3, 0.4) is 0 Å². The second-order valence-electron chi connectivity index (χ2n) is 12.0. The number of likely N-dealkylation sites (N-methyl/N-ethyl adjacent to an activating group) is 1. The Morgan fingerprint density at radius 1 is 1.23 bits per heavy atom. The first-order valence-corrected chi connectivity index (χ1v) is 15.4. The molecule has 5 atom stereocenters. The van der Waals surface area contributed by atoms with Gasteiger partial charge < -0.3 is 18.8 Å². The van der Waals surface area contributed by atoms with Gasteiger partial charge in [-0.2, -0.15) is 5.06 Å². The van der Waals surface area contributed by atoms with Crippen LogP contribution < -0.4 is 9.47 Å². The van der Waals surface area contributed by atoms with Crippen LogP contribution in [0.4, 0.5) is 0 Å². The number of hydrogen-bond donors (Lipinski definition) is 0. The summed E-state index contributed by atoms with van der Waals surface area (Å²) in [4.78, 5) is 21.6. The van der Waals surface area contributed by atoms with Gasteiger partial charge in [-0.05, 0) is 36.2 Å². The van der Waals surface area contributed by atoms with Crippen molar-refractivity contribution in [3.8, 4) is 11.5 Å². The van der Waals surface area contributed by atoms with E-state index in [2.05, 4.69) is 52.1 Å². The Bertz CT molecular complexity index is 1020. The molecule has 0 saturated carbocycles. The van der Waals surface area contributed by atoms with Gasteiger partial charge in [-0.1, -0.05) is 39.0 Å². The van der Waals surface area contributed by atoms with Crippen LogP contribution in [-0.4, -0.2) is 77.8 Å². The van der Waals surface area contributed by atoms with Crippen LogP contribution >= 0.6 is 0 Å². The lowest BCUT2D eigenvalue weighted by Gasteiger charge is -2.51. The lowest BCUT2D eigenvalue weighted by molar-refractivity contribution is -0.163. The van der Waals surface area contributed by atoms with Gasteiger partial charge in [-0.25, -0.2) is 0 Å². The molecule has 35 heavy (non-hydrogen) atoms. The maximum absolute atomic E-state index is 13.3. The van der Waals surface area contributed by atoms with Gasteiger partial charge in [0.05, 0.1) is 20.3 Å². The largest absolute Gasteiger partial charge is 0.493 e. The van der Waals surface area contributed by atoms with E-state index in [1.165, 1.54) is 5.56 Å². The molecule has 1 fully saturated rings. The fourth-order valence-corrected chi connectivity index (χ4v) is 7.09. The first-order chi connectivity index (χ1) is 16.3. The van der Waals surface area contributed by atoms with Crippen LogP contribution in [0.5, 0.6) is 11.5 Å². The molecule has 0 N–H and O–H groups in total. The highest BCUT2D eigenvalue weighted by molar-refractivity contribution is 6.74. The number of allylic oxidation sites excluding steroid dienone is 1.